The van der Waals surface area contributed by atoms with E-state index < -0.39 is 5.91 Å². The number of ether oxygens (including phenoxy) is 2. The van der Waals surface area contributed by atoms with Gasteiger partial charge in [-0.15, -0.1) is 0 Å². The van der Waals surface area contributed by atoms with E-state index in [1.807, 2.05) is 32.0 Å². The second kappa shape index (κ2) is 10.3. The van der Waals surface area contributed by atoms with Crippen LogP contribution in [0.4, 0.5) is 0 Å². The van der Waals surface area contributed by atoms with Crippen molar-refractivity contribution in [1.29, 1.82) is 10.5 Å². The van der Waals surface area contributed by atoms with E-state index in [2.05, 4.69) is 27.3 Å². The van der Waals surface area contributed by atoms with E-state index in [4.69, 9.17) is 9.47 Å². The third-order valence-electron chi connectivity index (χ3n) is 3.86. The van der Waals surface area contributed by atoms with E-state index in [1.54, 1.807) is 24.3 Å². The molecule has 1 N–H and O–H groups in total. The van der Waals surface area contributed by atoms with Gasteiger partial charge in [0.05, 0.1) is 23.2 Å². The topological polar surface area (TPSA) is 95.1 Å². The smallest absolute Gasteiger partial charge is 0.262 e. The summed E-state index contributed by atoms with van der Waals surface area (Å²) in [5.74, 6) is 0.454. The molecule has 2 rings (SSSR count). The molecule has 0 atom stereocenters. The minimum atomic E-state index is -0.439. The average molecular weight is 454 g/mol. The molecule has 0 aliphatic heterocycles. The monoisotopic (exact) mass is 453 g/mol. The Morgan fingerprint density at radius 2 is 2.00 bits per heavy atom. The van der Waals surface area contributed by atoms with Gasteiger partial charge in [0.25, 0.3) is 5.91 Å². The Balaban J connectivity index is 2.31. The standard InChI is InChI=1S/C22H20BrN3O3/c1-14(2)26-22(27)18(12-25)8-15-9-19(23)21(20(10-15)28-3)29-13-17-7-5-4-6-16(17)11-24/h4-10,14H,13H2,1-3H3,(H,26,27)/b18-8-. The summed E-state index contributed by atoms with van der Waals surface area (Å²) >= 11 is 3.45. The largest absolute Gasteiger partial charge is 0.493 e. The van der Waals surface area contributed by atoms with Gasteiger partial charge < -0.3 is 14.8 Å². The number of methoxy groups -OCH3 is 1. The molecule has 0 fully saturated rings. The van der Waals surface area contributed by atoms with Crippen LogP contribution < -0.4 is 14.8 Å². The van der Waals surface area contributed by atoms with Crippen molar-refractivity contribution < 1.29 is 14.3 Å². The molecule has 0 bridgehead atoms. The predicted octanol–water partition coefficient (Wildman–Crippen LogP) is 4.34. The van der Waals surface area contributed by atoms with Crippen LogP contribution in [-0.4, -0.2) is 19.1 Å². The van der Waals surface area contributed by atoms with Gasteiger partial charge in [0.1, 0.15) is 18.2 Å². The Kier molecular flexibility index (Phi) is 7.82. The van der Waals surface area contributed by atoms with Crippen molar-refractivity contribution in [2.24, 2.45) is 0 Å². The number of hydrogen-bond acceptors (Lipinski definition) is 5. The van der Waals surface area contributed by atoms with E-state index in [-0.39, 0.29) is 18.2 Å². The number of carbonyl (C=O) groups excluding carboxylic acids is 1. The molecule has 7 heteroatoms. The number of nitrogens with one attached hydrogen (secondary N) is 1. The van der Waals surface area contributed by atoms with Gasteiger partial charge >= 0.3 is 0 Å². The summed E-state index contributed by atoms with van der Waals surface area (Å²) in [6, 6.07) is 14.6. The molecule has 29 heavy (non-hydrogen) atoms. The lowest BCUT2D eigenvalue weighted by atomic mass is 10.1. The lowest BCUT2D eigenvalue weighted by Gasteiger charge is -2.14. The highest BCUT2D eigenvalue weighted by Gasteiger charge is 2.15. The summed E-state index contributed by atoms with van der Waals surface area (Å²) in [5, 5.41) is 21.2. The van der Waals surface area contributed by atoms with Crippen LogP contribution in [0, 0.1) is 22.7 Å². The molecule has 148 valence electrons. The molecule has 2 aromatic rings. The second-order valence-electron chi connectivity index (χ2n) is 6.39. The molecule has 0 unspecified atom stereocenters. The van der Waals surface area contributed by atoms with E-state index in [1.165, 1.54) is 13.2 Å². The molecular weight excluding hydrogens is 434 g/mol. The van der Waals surface area contributed by atoms with Crippen LogP contribution in [0.3, 0.4) is 0 Å². The van der Waals surface area contributed by atoms with Crippen molar-refractivity contribution in [1.82, 2.24) is 5.32 Å². The number of carbonyl (C=O) groups is 1. The summed E-state index contributed by atoms with van der Waals surface area (Å²) in [6.07, 6.45) is 1.49. The van der Waals surface area contributed by atoms with Gasteiger partial charge in [0, 0.05) is 11.6 Å². The molecule has 0 aliphatic carbocycles. The predicted molar refractivity (Wildman–Crippen MR) is 113 cm³/mol. The van der Waals surface area contributed by atoms with Crippen LogP contribution in [-0.2, 0) is 11.4 Å². The van der Waals surface area contributed by atoms with Gasteiger partial charge in [-0.25, -0.2) is 0 Å². The number of nitrogens with zero attached hydrogens (tertiary/aromatic N) is 2. The van der Waals surface area contributed by atoms with E-state index in [0.29, 0.717) is 27.1 Å². The number of hydrogen-bond donors (Lipinski definition) is 1. The Hall–Kier alpha value is -3.29. The first-order valence-corrected chi connectivity index (χ1v) is 9.59. The van der Waals surface area contributed by atoms with Crippen LogP contribution >= 0.6 is 15.9 Å². The third-order valence-corrected chi connectivity index (χ3v) is 4.45. The molecule has 0 saturated carbocycles. The van der Waals surface area contributed by atoms with Gasteiger partial charge in [-0.1, -0.05) is 18.2 Å². The fraction of sp³-hybridized carbons (Fsp3) is 0.227. The average Bonchev–Trinajstić information content (AvgIpc) is 2.70. The van der Waals surface area contributed by atoms with Gasteiger partial charge in [-0.2, -0.15) is 10.5 Å². The summed E-state index contributed by atoms with van der Waals surface area (Å²) in [6.45, 7) is 3.83. The zero-order valence-corrected chi connectivity index (χ0v) is 17.9. The third kappa shape index (κ3) is 5.84. The van der Waals surface area contributed by atoms with Gasteiger partial charge in [0.15, 0.2) is 11.5 Å². The summed E-state index contributed by atoms with van der Waals surface area (Å²) < 4.78 is 11.9. The molecule has 2 aromatic carbocycles. The normalized spacial score (nSPS) is 10.8. The van der Waals surface area contributed by atoms with Crippen LogP contribution in [0.1, 0.15) is 30.5 Å². The molecule has 1 amide bonds. The Morgan fingerprint density at radius 1 is 1.28 bits per heavy atom. The van der Waals surface area contributed by atoms with Crippen molar-refractivity contribution in [3.05, 3.63) is 63.1 Å². The van der Waals surface area contributed by atoms with E-state index >= 15 is 0 Å². The maximum absolute atomic E-state index is 12.1. The number of rotatable bonds is 7. The minimum absolute atomic E-state index is 0.00994. The zero-order chi connectivity index (χ0) is 21.4. The van der Waals surface area contributed by atoms with Gasteiger partial charge in [-0.05, 0) is 59.6 Å². The maximum atomic E-state index is 12.1. The van der Waals surface area contributed by atoms with Crippen molar-refractivity contribution in [2.45, 2.75) is 26.5 Å². The summed E-state index contributed by atoms with van der Waals surface area (Å²) in [4.78, 5) is 12.1. The molecule has 0 radical (unpaired) electrons. The van der Waals surface area contributed by atoms with Gasteiger partial charge in [-0.3, -0.25) is 4.79 Å². The molecule has 0 aliphatic rings. The first kappa shape index (κ1) is 22.0. The van der Waals surface area contributed by atoms with Crippen LogP contribution in [0.5, 0.6) is 11.5 Å². The van der Waals surface area contributed by atoms with Crippen molar-refractivity contribution >= 4 is 27.9 Å². The highest BCUT2D eigenvalue weighted by molar-refractivity contribution is 9.10. The maximum Gasteiger partial charge on any atom is 0.262 e. The zero-order valence-electron chi connectivity index (χ0n) is 16.3. The van der Waals surface area contributed by atoms with Crippen LogP contribution in [0.2, 0.25) is 0 Å². The quantitative estimate of drug-likeness (QED) is 0.496. The van der Waals surface area contributed by atoms with Crippen LogP contribution in [0.25, 0.3) is 6.08 Å². The van der Waals surface area contributed by atoms with Crippen molar-refractivity contribution in [3.63, 3.8) is 0 Å². The lowest BCUT2D eigenvalue weighted by molar-refractivity contribution is -0.117. The SMILES string of the molecule is COc1cc(/C=C(/C#N)C(=O)NC(C)C)cc(Br)c1OCc1ccccc1C#N. The fourth-order valence-electron chi connectivity index (χ4n) is 2.52. The Labute approximate surface area is 178 Å². The second-order valence-corrected chi connectivity index (χ2v) is 7.24. The van der Waals surface area contributed by atoms with Crippen molar-refractivity contribution in [3.8, 4) is 23.6 Å². The molecule has 6 nitrogen and oxygen atoms in total. The van der Waals surface area contributed by atoms with E-state index in [0.717, 1.165) is 5.56 Å². The fourth-order valence-corrected chi connectivity index (χ4v) is 3.10. The first-order valence-electron chi connectivity index (χ1n) is 8.80. The molecule has 0 aromatic heterocycles. The van der Waals surface area contributed by atoms with Crippen molar-refractivity contribution in [2.75, 3.05) is 7.11 Å². The van der Waals surface area contributed by atoms with Crippen LogP contribution in [0.15, 0.2) is 46.4 Å². The Morgan fingerprint density at radius 3 is 2.62 bits per heavy atom. The van der Waals surface area contributed by atoms with Gasteiger partial charge in [0.2, 0.25) is 0 Å². The molecule has 0 spiro atoms. The number of benzene rings is 2. The van der Waals surface area contributed by atoms with E-state index in [9.17, 15) is 15.3 Å². The minimum Gasteiger partial charge on any atom is -0.493 e. The highest BCUT2D eigenvalue weighted by Crippen LogP contribution is 2.38. The number of amides is 1. The highest BCUT2D eigenvalue weighted by atomic mass is 79.9. The Bertz CT molecular complexity index is 1020. The summed E-state index contributed by atoms with van der Waals surface area (Å²) in [7, 11) is 1.50. The lowest BCUT2D eigenvalue weighted by Crippen LogP contribution is -2.30. The number of halogens is 1. The molecular formula is C22H20BrN3O3. The number of nitriles is 2. The molecule has 0 saturated heterocycles. The summed E-state index contributed by atoms with van der Waals surface area (Å²) in [5.41, 5.74) is 1.89. The molecule has 0 heterocycles. The first-order chi connectivity index (χ1) is 13.9.